The second-order valence-corrected chi connectivity index (χ2v) is 5.64. The van der Waals surface area contributed by atoms with E-state index in [-0.39, 0.29) is 17.7 Å². The van der Waals surface area contributed by atoms with Crippen LogP contribution in [0.1, 0.15) is 37.4 Å². The summed E-state index contributed by atoms with van der Waals surface area (Å²) in [5, 5.41) is 6.08. The van der Waals surface area contributed by atoms with Crippen molar-refractivity contribution in [3.63, 3.8) is 0 Å². The second-order valence-electron chi connectivity index (χ2n) is 5.64. The molecule has 0 saturated heterocycles. The molecule has 0 spiro atoms. The van der Waals surface area contributed by atoms with Gasteiger partial charge in [0, 0.05) is 30.8 Å². The van der Waals surface area contributed by atoms with Gasteiger partial charge in [0.2, 0.25) is 5.91 Å². The van der Waals surface area contributed by atoms with E-state index in [1.54, 1.807) is 24.3 Å². The lowest BCUT2D eigenvalue weighted by molar-refractivity contribution is -0.114. The lowest BCUT2D eigenvalue weighted by Gasteiger charge is -2.20. The predicted molar refractivity (Wildman–Crippen MR) is 93.7 cm³/mol. The quantitative estimate of drug-likeness (QED) is 0.739. The van der Waals surface area contributed by atoms with E-state index in [0.29, 0.717) is 12.1 Å². The van der Waals surface area contributed by atoms with Crippen LogP contribution >= 0.6 is 0 Å². The molecule has 0 aliphatic heterocycles. The number of halogens is 2. The summed E-state index contributed by atoms with van der Waals surface area (Å²) in [6, 6.07) is 14.2. The van der Waals surface area contributed by atoms with Crippen LogP contribution in [0, 0.1) is 0 Å². The Morgan fingerprint density at radius 1 is 1.12 bits per heavy atom. The molecule has 1 amide bonds. The average molecular weight is 348 g/mol. The van der Waals surface area contributed by atoms with Crippen LogP contribution in [0.4, 0.5) is 14.5 Å². The largest absolute Gasteiger partial charge is 0.434 e. The molecule has 2 N–H and O–H groups in total. The Morgan fingerprint density at radius 3 is 2.40 bits per heavy atom. The number of carbonyl (C=O) groups is 1. The number of para-hydroxylation sites is 1. The van der Waals surface area contributed by atoms with Crippen LogP contribution in [0.3, 0.4) is 0 Å². The lowest BCUT2D eigenvalue weighted by atomic mass is 10.0. The van der Waals surface area contributed by atoms with Crippen molar-refractivity contribution in [1.29, 1.82) is 0 Å². The van der Waals surface area contributed by atoms with Crippen molar-refractivity contribution in [3.8, 4) is 5.75 Å². The van der Waals surface area contributed by atoms with E-state index in [1.807, 2.05) is 31.2 Å². The van der Waals surface area contributed by atoms with Crippen LogP contribution in [-0.2, 0) is 11.3 Å². The van der Waals surface area contributed by atoms with Gasteiger partial charge in [0.15, 0.2) is 0 Å². The van der Waals surface area contributed by atoms with Crippen LogP contribution < -0.4 is 15.4 Å². The zero-order valence-corrected chi connectivity index (χ0v) is 14.3. The molecular weight excluding hydrogens is 326 g/mol. The highest BCUT2D eigenvalue weighted by atomic mass is 19.3. The maximum atomic E-state index is 12.6. The van der Waals surface area contributed by atoms with Gasteiger partial charge in [-0.05, 0) is 30.2 Å². The van der Waals surface area contributed by atoms with Gasteiger partial charge in [-0.1, -0.05) is 37.3 Å². The minimum Gasteiger partial charge on any atom is -0.434 e. The normalized spacial score (nSPS) is 12.0. The number of carbonyl (C=O) groups excluding carboxylic acids is 1. The molecule has 0 bridgehead atoms. The van der Waals surface area contributed by atoms with Gasteiger partial charge < -0.3 is 15.4 Å². The molecule has 25 heavy (non-hydrogen) atoms. The summed E-state index contributed by atoms with van der Waals surface area (Å²) < 4.78 is 29.8. The highest BCUT2D eigenvalue weighted by molar-refractivity contribution is 5.88. The Morgan fingerprint density at radius 2 is 1.80 bits per heavy atom. The number of amides is 1. The fraction of sp³-hybridized carbons (Fsp3) is 0.316. The Bertz CT molecular complexity index is 690. The number of ether oxygens (including phenoxy) is 1. The number of benzene rings is 2. The van der Waals surface area contributed by atoms with Crippen molar-refractivity contribution in [2.24, 2.45) is 0 Å². The summed E-state index contributed by atoms with van der Waals surface area (Å²) in [6.07, 6.45) is 0.730. The first kappa shape index (κ1) is 18.9. The van der Waals surface area contributed by atoms with E-state index in [2.05, 4.69) is 15.4 Å². The third-order valence-electron chi connectivity index (χ3n) is 3.75. The molecule has 0 saturated carbocycles. The Balaban J connectivity index is 2.04. The van der Waals surface area contributed by atoms with Crippen molar-refractivity contribution < 1.29 is 18.3 Å². The molecule has 2 aromatic carbocycles. The molecule has 0 aliphatic carbocycles. The van der Waals surface area contributed by atoms with E-state index in [9.17, 15) is 13.6 Å². The first-order valence-corrected chi connectivity index (χ1v) is 8.13. The molecule has 0 radical (unpaired) electrons. The highest BCUT2D eigenvalue weighted by Gasteiger charge is 2.16. The van der Waals surface area contributed by atoms with E-state index in [1.165, 1.54) is 6.92 Å². The summed E-state index contributed by atoms with van der Waals surface area (Å²) in [5.74, 6) is 0.0745. The minimum atomic E-state index is -2.85. The maximum absolute atomic E-state index is 12.6. The molecule has 134 valence electrons. The van der Waals surface area contributed by atoms with Crippen LogP contribution in [0.5, 0.6) is 5.75 Å². The molecule has 2 aromatic rings. The summed E-state index contributed by atoms with van der Waals surface area (Å²) in [7, 11) is 0. The fourth-order valence-electron chi connectivity index (χ4n) is 2.60. The number of hydrogen-bond acceptors (Lipinski definition) is 3. The second kappa shape index (κ2) is 9.13. The summed E-state index contributed by atoms with van der Waals surface area (Å²) in [6.45, 7) is 1.17. The molecule has 1 atom stereocenters. The molecule has 6 heteroatoms. The SMILES string of the molecule is CC[C@@H](NCc1ccc(NC(C)=O)cc1)c1ccccc1OC(F)F. The van der Waals surface area contributed by atoms with Gasteiger partial charge in [0.1, 0.15) is 5.75 Å². The van der Waals surface area contributed by atoms with Crippen molar-refractivity contribution in [1.82, 2.24) is 5.32 Å². The molecule has 2 rings (SSSR count). The number of nitrogens with one attached hydrogen (secondary N) is 2. The van der Waals surface area contributed by atoms with Gasteiger partial charge in [-0.15, -0.1) is 0 Å². The van der Waals surface area contributed by atoms with Crippen molar-refractivity contribution in [3.05, 3.63) is 59.7 Å². The van der Waals surface area contributed by atoms with Crippen LogP contribution in [0.2, 0.25) is 0 Å². The molecular formula is C19H22F2N2O2. The van der Waals surface area contributed by atoms with E-state index in [0.717, 1.165) is 17.7 Å². The molecule has 0 heterocycles. The predicted octanol–water partition coefficient (Wildman–Crippen LogP) is 4.49. The van der Waals surface area contributed by atoms with Gasteiger partial charge >= 0.3 is 6.61 Å². The minimum absolute atomic E-state index is 0.107. The average Bonchev–Trinajstić information content (AvgIpc) is 2.57. The van der Waals surface area contributed by atoms with Crippen LogP contribution in [0.25, 0.3) is 0 Å². The van der Waals surface area contributed by atoms with Crippen LogP contribution in [-0.4, -0.2) is 12.5 Å². The Labute approximate surface area is 146 Å². The summed E-state index contributed by atoms with van der Waals surface area (Å²) in [4.78, 5) is 11.0. The Hall–Kier alpha value is -2.47. The Kier molecular flexibility index (Phi) is 6.89. The number of rotatable bonds is 8. The monoisotopic (exact) mass is 348 g/mol. The summed E-state index contributed by atoms with van der Waals surface area (Å²) >= 11 is 0. The van der Waals surface area contributed by atoms with Crippen LogP contribution in [0.15, 0.2) is 48.5 Å². The van der Waals surface area contributed by atoms with Crippen molar-refractivity contribution in [2.45, 2.75) is 39.5 Å². The van der Waals surface area contributed by atoms with E-state index in [4.69, 9.17) is 0 Å². The summed E-state index contributed by atoms with van der Waals surface area (Å²) in [5.41, 5.74) is 2.47. The zero-order chi connectivity index (χ0) is 18.2. The number of hydrogen-bond donors (Lipinski definition) is 2. The molecule has 0 aliphatic rings. The van der Waals surface area contributed by atoms with Gasteiger partial charge in [-0.3, -0.25) is 4.79 Å². The zero-order valence-electron chi connectivity index (χ0n) is 14.3. The van der Waals surface area contributed by atoms with E-state index < -0.39 is 6.61 Å². The highest BCUT2D eigenvalue weighted by Crippen LogP contribution is 2.28. The molecule has 0 unspecified atom stereocenters. The topological polar surface area (TPSA) is 50.4 Å². The first-order chi connectivity index (χ1) is 12.0. The number of alkyl halides is 2. The third-order valence-corrected chi connectivity index (χ3v) is 3.75. The standard InChI is InChI=1S/C19H22F2N2O2/c1-3-17(16-6-4-5-7-18(16)25-19(20)21)22-12-14-8-10-15(11-9-14)23-13(2)24/h4-11,17,19,22H,3,12H2,1-2H3,(H,23,24)/t17-/m1/s1. The smallest absolute Gasteiger partial charge is 0.387 e. The van der Waals surface area contributed by atoms with Gasteiger partial charge in [0.05, 0.1) is 0 Å². The molecule has 0 fully saturated rings. The van der Waals surface area contributed by atoms with Crippen molar-refractivity contribution in [2.75, 3.05) is 5.32 Å². The molecule has 4 nitrogen and oxygen atoms in total. The number of anilines is 1. The fourth-order valence-corrected chi connectivity index (χ4v) is 2.60. The molecule has 0 aromatic heterocycles. The third kappa shape index (κ3) is 5.83. The first-order valence-electron chi connectivity index (χ1n) is 8.13. The van der Waals surface area contributed by atoms with Crippen molar-refractivity contribution >= 4 is 11.6 Å². The van der Waals surface area contributed by atoms with Gasteiger partial charge in [-0.25, -0.2) is 0 Å². The maximum Gasteiger partial charge on any atom is 0.387 e. The van der Waals surface area contributed by atoms with Gasteiger partial charge in [-0.2, -0.15) is 8.78 Å². The lowest BCUT2D eigenvalue weighted by Crippen LogP contribution is -2.21. The van der Waals surface area contributed by atoms with E-state index >= 15 is 0 Å². The van der Waals surface area contributed by atoms with Gasteiger partial charge in [0.25, 0.3) is 0 Å².